The number of aromatic nitrogens is 2. The number of hydrogen-bond donors (Lipinski definition) is 1. The SMILES string of the molecule is CC(C)c1c(Cl)[nH]c(=O)n(C(C)C2CC2)c1=O. The number of hydrogen-bond acceptors (Lipinski definition) is 2. The maximum atomic E-state index is 12.3. The van der Waals surface area contributed by atoms with Gasteiger partial charge in [0.2, 0.25) is 0 Å². The number of nitrogens with one attached hydrogen (secondary N) is 1. The predicted octanol–water partition coefficient (Wildman–Crippen LogP) is 2.28. The molecule has 1 aromatic rings. The Bertz CT molecular complexity index is 540. The third kappa shape index (κ3) is 2.18. The molecule has 0 radical (unpaired) electrons. The molecule has 1 unspecified atom stereocenters. The first kappa shape index (κ1) is 12.4. The molecule has 0 aliphatic heterocycles. The molecule has 5 heteroatoms. The highest BCUT2D eigenvalue weighted by Crippen LogP contribution is 2.38. The highest BCUT2D eigenvalue weighted by atomic mass is 35.5. The van der Waals surface area contributed by atoms with Crippen LogP contribution in [0.1, 0.15) is 51.1 Å². The molecule has 0 spiro atoms. The number of halogens is 1. The number of H-pyrrole nitrogens is 1. The highest BCUT2D eigenvalue weighted by molar-refractivity contribution is 6.30. The smallest absolute Gasteiger partial charge is 0.297 e. The Hall–Kier alpha value is -1.03. The summed E-state index contributed by atoms with van der Waals surface area (Å²) >= 11 is 5.93. The van der Waals surface area contributed by atoms with Crippen LogP contribution in [0.25, 0.3) is 0 Å². The summed E-state index contributed by atoms with van der Waals surface area (Å²) in [6.45, 7) is 5.71. The lowest BCUT2D eigenvalue weighted by Crippen LogP contribution is -2.40. The van der Waals surface area contributed by atoms with Crippen LogP contribution in [0, 0.1) is 5.92 Å². The van der Waals surface area contributed by atoms with Crippen molar-refractivity contribution >= 4 is 11.6 Å². The standard InChI is InChI=1S/C12H17ClN2O2/c1-6(2)9-10(13)14-12(17)15(11(9)16)7(3)8-4-5-8/h6-8H,4-5H2,1-3H3,(H,14,17). The van der Waals surface area contributed by atoms with E-state index in [2.05, 4.69) is 4.98 Å². The second kappa shape index (κ2) is 4.33. The molecule has 94 valence electrons. The minimum Gasteiger partial charge on any atom is -0.297 e. The second-order valence-electron chi connectivity index (χ2n) is 5.07. The van der Waals surface area contributed by atoms with Crippen LogP contribution in [-0.4, -0.2) is 9.55 Å². The van der Waals surface area contributed by atoms with Crippen LogP contribution >= 0.6 is 11.6 Å². The minimum absolute atomic E-state index is 0.00417. The first-order chi connectivity index (χ1) is 7.93. The Morgan fingerprint density at radius 2 is 1.88 bits per heavy atom. The fourth-order valence-electron chi connectivity index (χ4n) is 2.20. The van der Waals surface area contributed by atoms with Gasteiger partial charge in [0.05, 0.1) is 5.56 Å². The molecular weight excluding hydrogens is 240 g/mol. The van der Waals surface area contributed by atoms with Crippen molar-refractivity contribution in [2.75, 3.05) is 0 Å². The second-order valence-corrected chi connectivity index (χ2v) is 5.44. The summed E-state index contributed by atoms with van der Waals surface area (Å²) in [7, 11) is 0. The van der Waals surface area contributed by atoms with Crippen LogP contribution in [0.4, 0.5) is 0 Å². The average Bonchev–Trinajstić information content (AvgIpc) is 2.97. The van der Waals surface area contributed by atoms with Crippen molar-refractivity contribution in [2.45, 2.75) is 45.6 Å². The molecule has 0 bridgehead atoms. The van der Waals surface area contributed by atoms with Gasteiger partial charge in [-0.05, 0) is 31.6 Å². The normalized spacial score (nSPS) is 17.5. The van der Waals surface area contributed by atoms with Gasteiger partial charge in [-0.3, -0.25) is 14.3 Å². The first-order valence-electron chi connectivity index (χ1n) is 5.97. The van der Waals surface area contributed by atoms with Gasteiger partial charge in [0.25, 0.3) is 5.56 Å². The van der Waals surface area contributed by atoms with E-state index >= 15 is 0 Å². The largest absolute Gasteiger partial charge is 0.329 e. The van der Waals surface area contributed by atoms with Gasteiger partial charge in [-0.15, -0.1) is 0 Å². The van der Waals surface area contributed by atoms with Crippen molar-refractivity contribution in [3.05, 3.63) is 31.6 Å². The molecule has 17 heavy (non-hydrogen) atoms. The van der Waals surface area contributed by atoms with Crippen LogP contribution < -0.4 is 11.2 Å². The third-order valence-electron chi connectivity index (χ3n) is 3.41. The van der Waals surface area contributed by atoms with E-state index < -0.39 is 5.69 Å². The van der Waals surface area contributed by atoms with Crippen LogP contribution in [-0.2, 0) is 0 Å². The molecule has 1 saturated carbocycles. The number of nitrogens with zero attached hydrogens (tertiary/aromatic N) is 1. The Balaban J connectivity index is 2.62. The molecular formula is C12H17ClN2O2. The third-order valence-corrected chi connectivity index (χ3v) is 3.71. The van der Waals surface area contributed by atoms with E-state index in [0.717, 1.165) is 12.8 Å². The van der Waals surface area contributed by atoms with Gasteiger partial charge >= 0.3 is 5.69 Å². The van der Waals surface area contributed by atoms with Crippen LogP contribution in [0.15, 0.2) is 9.59 Å². The fourth-order valence-corrected chi connectivity index (χ4v) is 2.58. The molecule has 1 fully saturated rings. The summed E-state index contributed by atoms with van der Waals surface area (Å²) in [5, 5.41) is 0.175. The zero-order chi connectivity index (χ0) is 12.7. The lowest BCUT2D eigenvalue weighted by atomic mass is 10.1. The van der Waals surface area contributed by atoms with E-state index in [4.69, 9.17) is 11.6 Å². The van der Waals surface area contributed by atoms with Crippen molar-refractivity contribution in [3.8, 4) is 0 Å². The Morgan fingerprint density at radius 3 is 2.35 bits per heavy atom. The number of aromatic amines is 1. The maximum absolute atomic E-state index is 12.3. The van der Waals surface area contributed by atoms with Gasteiger partial charge in [-0.2, -0.15) is 0 Å². The molecule has 1 aliphatic rings. The van der Waals surface area contributed by atoms with Crippen molar-refractivity contribution in [1.82, 2.24) is 9.55 Å². The first-order valence-corrected chi connectivity index (χ1v) is 6.35. The fraction of sp³-hybridized carbons (Fsp3) is 0.667. The van der Waals surface area contributed by atoms with Gasteiger partial charge in [0.1, 0.15) is 5.15 Å². The quantitative estimate of drug-likeness (QED) is 0.844. The lowest BCUT2D eigenvalue weighted by molar-refractivity contribution is 0.446. The topological polar surface area (TPSA) is 54.9 Å². The lowest BCUT2D eigenvalue weighted by Gasteiger charge is -2.16. The molecule has 0 aromatic carbocycles. The summed E-state index contributed by atoms with van der Waals surface area (Å²) < 4.78 is 1.32. The maximum Gasteiger partial charge on any atom is 0.329 e. The molecule has 1 atom stereocenters. The minimum atomic E-state index is -0.399. The zero-order valence-electron chi connectivity index (χ0n) is 10.3. The zero-order valence-corrected chi connectivity index (χ0v) is 11.0. The van der Waals surface area contributed by atoms with Crippen molar-refractivity contribution < 1.29 is 0 Å². The van der Waals surface area contributed by atoms with E-state index in [1.807, 2.05) is 20.8 Å². The summed E-state index contributed by atoms with van der Waals surface area (Å²) in [4.78, 5) is 26.7. The number of rotatable bonds is 3. The monoisotopic (exact) mass is 256 g/mol. The van der Waals surface area contributed by atoms with Gasteiger partial charge in [-0.25, -0.2) is 4.79 Å². The molecule has 1 heterocycles. The molecule has 1 N–H and O–H groups in total. The van der Waals surface area contributed by atoms with E-state index in [1.54, 1.807) is 0 Å². The highest BCUT2D eigenvalue weighted by Gasteiger charge is 2.31. The molecule has 1 aliphatic carbocycles. The van der Waals surface area contributed by atoms with E-state index in [0.29, 0.717) is 11.5 Å². The molecule has 2 rings (SSSR count). The molecule has 1 aromatic heterocycles. The van der Waals surface area contributed by atoms with Gasteiger partial charge in [0.15, 0.2) is 0 Å². The molecule has 0 saturated heterocycles. The Morgan fingerprint density at radius 1 is 1.29 bits per heavy atom. The van der Waals surface area contributed by atoms with Crippen molar-refractivity contribution in [3.63, 3.8) is 0 Å². The van der Waals surface area contributed by atoms with Gasteiger partial charge in [0, 0.05) is 6.04 Å². The van der Waals surface area contributed by atoms with Crippen molar-refractivity contribution in [2.24, 2.45) is 5.92 Å². The van der Waals surface area contributed by atoms with Crippen LogP contribution in [0.5, 0.6) is 0 Å². The van der Waals surface area contributed by atoms with E-state index in [1.165, 1.54) is 4.57 Å². The summed E-state index contributed by atoms with van der Waals surface area (Å²) in [5.41, 5.74) is -0.143. The predicted molar refractivity (Wildman–Crippen MR) is 67.9 cm³/mol. The Kier molecular flexibility index (Phi) is 3.17. The van der Waals surface area contributed by atoms with E-state index in [9.17, 15) is 9.59 Å². The van der Waals surface area contributed by atoms with Crippen LogP contribution in [0.2, 0.25) is 5.15 Å². The van der Waals surface area contributed by atoms with Crippen LogP contribution in [0.3, 0.4) is 0 Å². The molecule has 4 nitrogen and oxygen atoms in total. The van der Waals surface area contributed by atoms with Crippen molar-refractivity contribution in [1.29, 1.82) is 0 Å². The molecule has 0 amide bonds. The summed E-state index contributed by atoms with van der Waals surface area (Å²) in [5.74, 6) is 0.458. The summed E-state index contributed by atoms with van der Waals surface area (Å²) in [6, 6.07) is -0.0407. The average molecular weight is 257 g/mol. The van der Waals surface area contributed by atoms with Gasteiger partial charge in [-0.1, -0.05) is 25.4 Å². The van der Waals surface area contributed by atoms with Gasteiger partial charge < -0.3 is 0 Å². The Labute approximate surface area is 105 Å². The summed E-state index contributed by atoms with van der Waals surface area (Å²) in [6.07, 6.45) is 2.18. The van der Waals surface area contributed by atoms with E-state index in [-0.39, 0.29) is 22.7 Å².